The fourth-order valence-electron chi connectivity index (χ4n) is 2.91. The van der Waals surface area contributed by atoms with Crippen molar-refractivity contribution in [2.45, 2.75) is 6.54 Å². The van der Waals surface area contributed by atoms with Crippen LogP contribution in [0.3, 0.4) is 0 Å². The molecule has 140 valence electrons. The smallest absolute Gasteiger partial charge is 0.297 e. The molecule has 0 saturated heterocycles. The van der Waals surface area contributed by atoms with Crippen LogP contribution in [0.15, 0.2) is 64.5 Å². The highest BCUT2D eigenvalue weighted by Gasteiger charge is 2.15. The summed E-state index contributed by atoms with van der Waals surface area (Å²) in [5.74, 6) is -0.691. The first kappa shape index (κ1) is 17.7. The second-order valence-electron chi connectivity index (χ2n) is 6.06. The van der Waals surface area contributed by atoms with Crippen LogP contribution in [0.4, 0.5) is 5.82 Å². The molecule has 0 radical (unpaired) electrons. The van der Waals surface area contributed by atoms with Crippen molar-refractivity contribution in [3.8, 4) is 0 Å². The van der Waals surface area contributed by atoms with Gasteiger partial charge in [0.05, 0.1) is 6.21 Å². The predicted octanol–water partition coefficient (Wildman–Crippen LogP) is 3.07. The molecule has 1 amide bonds. The molecular formula is C19H15ClN6O2. The molecule has 2 aromatic carbocycles. The van der Waals surface area contributed by atoms with Crippen LogP contribution < -0.4 is 11.2 Å². The molecule has 28 heavy (non-hydrogen) atoms. The molecule has 0 bridgehead atoms. The zero-order valence-electron chi connectivity index (χ0n) is 14.5. The van der Waals surface area contributed by atoms with Crippen molar-refractivity contribution in [1.29, 1.82) is 0 Å². The molecule has 4 rings (SSSR count). The molecule has 0 aliphatic carbocycles. The van der Waals surface area contributed by atoms with E-state index in [-0.39, 0.29) is 11.5 Å². The van der Waals surface area contributed by atoms with Crippen LogP contribution in [0.2, 0.25) is 5.02 Å². The molecule has 0 saturated carbocycles. The summed E-state index contributed by atoms with van der Waals surface area (Å²) in [7, 11) is 0. The van der Waals surface area contributed by atoms with Gasteiger partial charge in [-0.25, -0.2) is 10.1 Å². The van der Waals surface area contributed by atoms with Crippen LogP contribution in [-0.4, -0.2) is 27.0 Å². The van der Waals surface area contributed by atoms with E-state index in [2.05, 4.69) is 30.0 Å². The molecule has 0 fully saturated rings. The van der Waals surface area contributed by atoms with Gasteiger partial charge in [0.2, 0.25) is 11.5 Å². The topological polar surface area (TPSA) is 111 Å². The molecule has 0 aliphatic rings. The number of nitrogens with two attached hydrogens (primary N) is 1. The molecular weight excluding hydrogens is 380 g/mol. The lowest BCUT2D eigenvalue weighted by Gasteiger charge is -2.05. The van der Waals surface area contributed by atoms with E-state index in [1.807, 2.05) is 54.7 Å². The van der Waals surface area contributed by atoms with E-state index in [1.165, 1.54) is 0 Å². The summed E-state index contributed by atoms with van der Waals surface area (Å²) in [5, 5.41) is 12.5. The van der Waals surface area contributed by atoms with E-state index >= 15 is 0 Å². The predicted molar refractivity (Wildman–Crippen MR) is 106 cm³/mol. The van der Waals surface area contributed by atoms with E-state index in [0.29, 0.717) is 11.6 Å². The van der Waals surface area contributed by atoms with E-state index in [9.17, 15) is 4.79 Å². The third-order valence-corrected chi connectivity index (χ3v) is 4.40. The lowest BCUT2D eigenvalue weighted by atomic mass is 10.2. The lowest BCUT2D eigenvalue weighted by molar-refractivity contribution is 0.0946. The van der Waals surface area contributed by atoms with Crippen LogP contribution in [0.1, 0.15) is 21.6 Å². The molecule has 0 aliphatic heterocycles. The SMILES string of the molecule is Nc1nonc1C(=O)N/N=C/c1cn(Cc2cccc(Cl)c2)c2ccccc12. The second-order valence-corrected chi connectivity index (χ2v) is 6.49. The number of hydrogen-bond acceptors (Lipinski definition) is 6. The number of amides is 1. The minimum atomic E-state index is -0.599. The van der Waals surface area contributed by atoms with Crippen LogP contribution in [-0.2, 0) is 6.54 Å². The summed E-state index contributed by atoms with van der Waals surface area (Å²) in [4.78, 5) is 12.0. The Morgan fingerprint density at radius 1 is 1.25 bits per heavy atom. The number of carbonyl (C=O) groups excluding carboxylic acids is 1. The van der Waals surface area contributed by atoms with E-state index in [1.54, 1.807) is 6.21 Å². The third kappa shape index (κ3) is 3.58. The fourth-order valence-corrected chi connectivity index (χ4v) is 3.12. The van der Waals surface area contributed by atoms with Gasteiger partial charge in [-0.05, 0) is 34.1 Å². The minimum Gasteiger partial charge on any atom is -0.379 e. The van der Waals surface area contributed by atoms with Gasteiger partial charge in [-0.1, -0.05) is 41.9 Å². The Kier molecular flexibility index (Phi) is 4.77. The number of nitrogens with one attached hydrogen (secondary N) is 1. The Hall–Kier alpha value is -3.65. The van der Waals surface area contributed by atoms with Crippen molar-refractivity contribution >= 4 is 40.4 Å². The fraction of sp³-hybridized carbons (Fsp3) is 0.0526. The second kappa shape index (κ2) is 7.53. The highest BCUT2D eigenvalue weighted by atomic mass is 35.5. The number of rotatable bonds is 5. The first-order chi connectivity index (χ1) is 13.6. The van der Waals surface area contributed by atoms with Crippen molar-refractivity contribution in [2.24, 2.45) is 5.10 Å². The molecule has 3 N–H and O–H groups in total. The van der Waals surface area contributed by atoms with Gasteiger partial charge >= 0.3 is 0 Å². The average molecular weight is 395 g/mol. The number of halogens is 1. The molecule has 0 atom stereocenters. The van der Waals surface area contributed by atoms with Gasteiger partial charge in [0, 0.05) is 34.2 Å². The van der Waals surface area contributed by atoms with E-state index < -0.39 is 5.91 Å². The van der Waals surface area contributed by atoms with Crippen molar-refractivity contribution in [2.75, 3.05) is 5.73 Å². The number of nitrogen functional groups attached to an aromatic ring is 1. The van der Waals surface area contributed by atoms with Crippen LogP contribution in [0.5, 0.6) is 0 Å². The number of benzene rings is 2. The number of carbonyl (C=O) groups is 1. The maximum atomic E-state index is 12.0. The molecule has 8 nitrogen and oxygen atoms in total. The number of hydrogen-bond donors (Lipinski definition) is 2. The van der Waals surface area contributed by atoms with Crippen molar-refractivity contribution in [3.63, 3.8) is 0 Å². The summed E-state index contributed by atoms with van der Waals surface area (Å²) < 4.78 is 6.51. The monoisotopic (exact) mass is 394 g/mol. The normalized spacial score (nSPS) is 11.3. The van der Waals surface area contributed by atoms with E-state index in [0.717, 1.165) is 22.0 Å². The molecule has 0 unspecified atom stereocenters. The van der Waals surface area contributed by atoms with Crippen LogP contribution in [0.25, 0.3) is 10.9 Å². The van der Waals surface area contributed by atoms with E-state index in [4.69, 9.17) is 17.3 Å². The first-order valence-electron chi connectivity index (χ1n) is 8.35. The van der Waals surface area contributed by atoms with Gasteiger partial charge in [0.15, 0.2) is 0 Å². The maximum Gasteiger partial charge on any atom is 0.297 e. The van der Waals surface area contributed by atoms with Gasteiger partial charge in [-0.3, -0.25) is 4.79 Å². The Labute approximate surface area is 164 Å². The van der Waals surface area contributed by atoms with Crippen LogP contribution >= 0.6 is 11.6 Å². The van der Waals surface area contributed by atoms with Crippen molar-refractivity contribution < 1.29 is 9.42 Å². The number of nitrogens with zero attached hydrogens (tertiary/aromatic N) is 4. The average Bonchev–Trinajstić information content (AvgIpc) is 3.26. The maximum absolute atomic E-state index is 12.0. The summed E-state index contributed by atoms with van der Waals surface area (Å²) >= 11 is 6.09. The van der Waals surface area contributed by atoms with Gasteiger partial charge < -0.3 is 10.3 Å². The minimum absolute atomic E-state index is 0.0918. The molecule has 2 aromatic heterocycles. The molecule has 2 heterocycles. The number of aromatic nitrogens is 3. The van der Waals surface area contributed by atoms with Gasteiger partial charge in [0.25, 0.3) is 5.91 Å². The summed E-state index contributed by atoms with van der Waals surface area (Å²) in [6.45, 7) is 0.655. The van der Waals surface area contributed by atoms with Gasteiger partial charge in [-0.2, -0.15) is 5.10 Å². The Morgan fingerprint density at radius 3 is 2.89 bits per heavy atom. The largest absolute Gasteiger partial charge is 0.379 e. The zero-order chi connectivity index (χ0) is 19.5. The highest BCUT2D eigenvalue weighted by Crippen LogP contribution is 2.22. The van der Waals surface area contributed by atoms with Gasteiger partial charge in [-0.15, -0.1) is 0 Å². The number of anilines is 1. The standard InChI is InChI=1S/C19H15ClN6O2/c20-14-5-3-4-12(8-14)10-26-11-13(15-6-1-2-7-16(15)26)9-22-23-19(27)17-18(21)25-28-24-17/h1-9,11H,10H2,(H2,21,25)(H,23,27)/b22-9+. The first-order valence-corrected chi connectivity index (χ1v) is 8.73. The summed E-state index contributed by atoms with van der Waals surface area (Å²) in [5.41, 5.74) is 10.7. The number of fused-ring (bicyclic) bond motifs is 1. The Bertz CT molecular complexity index is 1180. The lowest BCUT2D eigenvalue weighted by Crippen LogP contribution is -2.19. The molecule has 4 aromatic rings. The van der Waals surface area contributed by atoms with Gasteiger partial charge in [0.1, 0.15) is 0 Å². The summed E-state index contributed by atoms with van der Waals surface area (Å²) in [6.07, 6.45) is 3.53. The zero-order valence-corrected chi connectivity index (χ0v) is 15.3. The Morgan fingerprint density at radius 2 is 2.11 bits per heavy atom. The van der Waals surface area contributed by atoms with Crippen molar-refractivity contribution in [3.05, 3.63) is 76.6 Å². The molecule has 0 spiro atoms. The number of hydrazone groups is 1. The third-order valence-electron chi connectivity index (χ3n) is 4.16. The Balaban J connectivity index is 1.59. The highest BCUT2D eigenvalue weighted by molar-refractivity contribution is 6.30. The number of para-hydroxylation sites is 1. The molecule has 9 heteroatoms. The quantitative estimate of drug-likeness (QED) is 0.399. The summed E-state index contributed by atoms with van der Waals surface area (Å²) in [6, 6.07) is 15.7. The van der Waals surface area contributed by atoms with Crippen molar-refractivity contribution in [1.82, 2.24) is 20.3 Å². The van der Waals surface area contributed by atoms with Crippen LogP contribution in [0, 0.1) is 0 Å².